The number of hydrogen-bond donors (Lipinski definition) is 2. The van der Waals surface area contributed by atoms with Crippen LogP contribution < -0.4 is 10.9 Å². The molecule has 0 aromatic carbocycles. The van der Waals surface area contributed by atoms with Crippen LogP contribution in [0.2, 0.25) is 0 Å². The van der Waals surface area contributed by atoms with E-state index >= 15 is 0 Å². The third-order valence-corrected chi connectivity index (χ3v) is 3.52. The number of carbonyl (C=O) groups is 1. The molecule has 2 aliphatic heterocycles. The SMILES string of the molecule is C=C(CN1CCN(C2COC2)CC1)C(=O)NNC. The van der Waals surface area contributed by atoms with Crippen molar-refractivity contribution >= 4 is 5.91 Å². The van der Waals surface area contributed by atoms with Crippen LogP contribution in [0.1, 0.15) is 0 Å². The summed E-state index contributed by atoms with van der Waals surface area (Å²) >= 11 is 0. The summed E-state index contributed by atoms with van der Waals surface area (Å²) < 4.78 is 5.21. The Hall–Kier alpha value is -0.950. The van der Waals surface area contributed by atoms with Gasteiger partial charge in [0.05, 0.1) is 19.3 Å². The number of nitrogens with one attached hydrogen (secondary N) is 2. The van der Waals surface area contributed by atoms with Gasteiger partial charge in [0.15, 0.2) is 0 Å². The Morgan fingerprint density at radius 3 is 2.50 bits per heavy atom. The van der Waals surface area contributed by atoms with Crippen LogP contribution >= 0.6 is 0 Å². The summed E-state index contributed by atoms with van der Waals surface area (Å²) in [5.74, 6) is -0.132. The molecule has 0 radical (unpaired) electrons. The summed E-state index contributed by atoms with van der Waals surface area (Å²) in [7, 11) is 1.67. The molecule has 6 nitrogen and oxygen atoms in total. The summed E-state index contributed by atoms with van der Waals surface area (Å²) in [6.07, 6.45) is 0. The number of nitrogens with zero attached hydrogens (tertiary/aromatic N) is 2. The predicted octanol–water partition coefficient (Wildman–Crippen LogP) is -1.19. The van der Waals surface area contributed by atoms with Crippen molar-refractivity contribution in [1.82, 2.24) is 20.7 Å². The van der Waals surface area contributed by atoms with E-state index in [1.807, 2.05) is 0 Å². The zero-order valence-electron chi connectivity index (χ0n) is 10.9. The summed E-state index contributed by atoms with van der Waals surface area (Å²) in [6.45, 7) is 10.3. The van der Waals surface area contributed by atoms with Crippen molar-refractivity contribution in [2.75, 3.05) is 53.0 Å². The Balaban J connectivity index is 1.69. The molecule has 0 saturated carbocycles. The van der Waals surface area contributed by atoms with Crippen molar-refractivity contribution in [3.8, 4) is 0 Å². The van der Waals surface area contributed by atoms with E-state index < -0.39 is 0 Å². The van der Waals surface area contributed by atoms with Gasteiger partial charge >= 0.3 is 0 Å². The smallest absolute Gasteiger partial charge is 0.262 e. The van der Waals surface area contributed by atoms with Crippen LogP contribution in [0.5, 0.6) is 0 Å². The van der Waals surface area contributed by atoms with Gasteiger partial charge in [0, 0.05) is 45.3 Å². The van der Waals surface area contributed by atoms with Gasteiger partial charge in [-0.05, 0) is 0 Å². The van der Waals surface area contributed by atoms with Gasteiger partial charge in [-0.2, -0.15) is 0 Å². The lowest BCUT2D eigenvalue weighted by atomic mass is 10.1. The Bertz CT molecular complexity index is 309. The van der Waals surface area contributed by atoms with Crippen LogP contribution in [0.3, 0.4) is 0 Å². The standard InChI is InChI=1S/C12H22N4O2/c1-10(12(17)14-13-2)7-15-3-5-16(6-4-15)11-8-18-9-11/h11,13H,1,3-9H2,2H3,(H,14,17). The molecule has 0 aliphatic carbocycles. The highest BCUT2D eigenvalue weighted by atomic mass is 16.5. The van der Waals surface area contributed by atoms with Gasteiger partial charge in [-0.25, -0.2) is 5.43 Å². The molecule has 0 aromatic rings. The molecular formula is C12H22N4O2. The molecule has 2 aliphatic rings. The first-order valence-electron chi connectivity index (χ1n) is 6.39. The van der Waals surface area contributed by atoms with E-state index in [2.05, 4.69) is 27.2 Å². The lowest BCUT2D eigenvalue weighted by molar-refractivity contribution is -0.118. The van der Waals surface area contributed by atoms with Crippen molar-refractivity contribution in [2.45, 2.75) is 6.04 Å². The highest BCUT2D eigenvalue weighted by molar-refractivity contribution is 5.92. The highest BCUT2D eigenvalue weighted by Crippen LogP contribution is 2.13. The molecule has 2 fully saturated rings. The highest BCUT2D eigenvalue weighted by Gasteiger charge is 2.29. The lowest BCUT2D eigenvalue weighted by Crippen LogP contribution is -2.56. The molecule has 2 saturated heterocycles. The van der Waals surface area contributed by atoms with E-state index in [1.165, 1.54) is 0 Å². The topological polar surface area (TPSA) is 56.8 Å². The van der Waals surface area contributed by atoms with Crippen molar-refractivity contribution in [3.05, 3.63) is 12.2 Å². The summed E-state index contributed by atoms with van der Waals surface area (Å²) in [5.41, 5.74) is 5.76. The molecule has 0 aromatic heterocycles. The largest absolute Gasteiger partial charge is 0.378 e. The van der Waals surface area contributed by atoms with E-state index in [4.69, 9.17) is 4.74 Å². The maximum absolute atomic E-state index is 11.5. The minimum absolute atomic E-state index is 0.132. The van der Waals surface area contributed by atoms with E-state index in [0.717, 1.165) is 39.4 Å². The monoisotopic (exact) mass is 254 g/mol. The van der Waals surface area contributed by atoms with Crippen molar-refractivity contribution in [2.24, 2.45) is 0 Å². The zero-order valence-corrected chi connectivity index (χ0v) is 10.9. The second-order valence-corrected chi connectivity index (χ2v) is 4.81. The van der Waals surface area contributed by atoms with Gasteiger partial charge in [-0.15, -0.1) is 0 Å². The molecule has 2 N–H and O–H groups in total. The molecule has 1 amide bonds. The number of ether oxygens (including phenoxy) is 1. The Labute approximate surface area is 108 Å². The molecule has 6 heteroatoms. The number of piperazine rings is 1. The van der Waals surface area contributed by atoms with E-state index in [1.54, 1.807) is 7.05 Å². The van der Waals surface area contributed by atoms with Crippen molar-refractivity contribution in [3.63, 3.8) is 0 Å². The third-order valence-electron chi connectivity index (χ3n) is 3.52. The maximum Gasteiger partial charge on any atom is 0.262 e. The fraction of sp³-hybridized carbons (Fsp3) is 0.750. The fourth-order valence-corrected chi connectivity index (χ4v) is 2.26. The second kappa shape index (κ2) is 6.29. The van der Waals surface area contributed by atoms with E-state index in [0.29, 0.717) is 18.2 Å². The Morgan fingerprint density at radius 1 is 1.33 bits per heavy atom. The van der Waals surface area contributed by atoms with Crippen LogP contribution in [0.4, 0.5) is 0 Å². The molecule has 2 rings (SSSR count). The maximum atomic E-state index is 11.5. The molecule has 102 valence electrons. The first-order valence-corrected chi connectivity index (χ1v) is 6.39. The molecule has 2 heterocycles. The van der Waals surface area contributed by atoms with Crippen LogP contribution in [0.15, 0.2) is 12.2 Å². The number of hydrogen-bond acceptors (Lipinski definition) is 5. The van der Waals surface area contributed by atoms with Gasteiger partial charge in [-0.1, -0.05) is 6.58 Å². The first kappa shape index (κ1) is 13.5. The average molecular weight is 254 g/mol. The predicted molar refractivity (Wildman–Crippen MR) is 69.0 cm³/mol. The van der Waals surface area contributed by atoms with Crippen LogP contribution in [-0.2, 0) is 9.53 Å². The van der Waals surface area contributed by atoms with Gasteiger partial charge < -0.3 is 4.74 Å². The van der Waals surface area contributed by atoms with E-state index in [9.17, 15) is 4.79 Å². The first-order chi connectivity index (χ1) is 8.70. The van der Waals surface area contributed by atoms with Crippen LogP contribution in [0.25, 0.3) is 0 Å². The number of amides is 1. The molecule has 0 bridgehead atoms. The van der Waals surface area contributed by atoms with Crippen LogP contribution in [-0.4, -0.2) is 74.7 Å². The number of rotatable bonds is 5. The summed E-state index contributed by atoms with van der Waals surface area (Å²) in [6, 6.07) is 0.614. The normalized spacial score (nSPS) is 22.5. The fourth-order valence-electron chi connectivity index (χ4n) is 2.26. The van der Waals surface area contributed by atoms with Gasteiger partial charge in [-0.3, -0.25) is 20.0 Å². The quantitative estimate of drug-likeness (QED) is 0.477. The molecule has 18 heavy (non-hydrogen) atoms. The third kappa shape index (κ3) is 3.29. The molecule has 0 unspecified atom stereocenters. The summed E-state index contributed by atoms with van der Waals surface area (Å²) in [5, 5.41) is 0. The minimum atomic E-state index is -0.132. The van der Waals surface area contributed by atoms with Gasteiger partial charge in [0.1, 0.15) is 0 Å². The number of hydrazine groups is 1. The average Bonchev–Trinajstić information content (AvgIpc) is 2.29. The number of carbonyl (C=O) groups excluding carboxylic acids is 1. The second-order valence-electron chi connectivity index (χ2n) is 4.81. The molecule has 0 spiro atoms. The van der Waals surface area contributed by atoms with Gasteiger partial charge in [0.25, 0.3) is 5.91 Å². The molecular weight excluding hydrogens is 232 g/mol. The van der Waals surface area contributed by atoms with Crippen LogP contribution in [0, 0.1) is 0 Å². The Kier molecular flexibility index (Phi) is 4.71. The van der Waals surface area contributed by atoms with Crippen molar-refractivity contribution < 1.29 is 9.53 Å². The lowest BCUT2D eigenvalue weighted by Gasteiger charge is -2.42. The van der Waals surface area contributed by atoms with Gasteiger partial charge in [0.2, 0.25) is 0 Å². The molecule has 0 atom stereocenters. The Morgan fingerprint density at radius 2 is 2.00 bits per heavy atom. The van der Waals surface area contributed by atoms with E-state index in [-0.39, 0.29) is 5.91 Å². The zero-order chi connectivity index (χ0) is 13.0. The minimum Gasteiger partial charge on any atom is -0.378 e. The van der Waals surface area contributed by atoms with Crippen molar-refractivity contribution in [1.29, 1.82) is 0 Å². The summed E-state index contributed by atoms with van der Waals surface area (Å²) in [4.78, 5) is 16.3.